The van der Waals surface area contributed by atoms with Crippen LogP contribution < -0.4 is 14.8 Å². The van der Waals surface area contributed by atoms with E-state index in [2.05, 4.69) is 20.9 Å². The quantitative estimate of drug-likeness (QED) is 0.350. The summed E-state index contributed by atoms with van der Waals surface area (Å²) in [6.45, 7) is 0. The van der Waals surface area contributed by atoms with E-state index < -0.39 is 0 Å². The van der Waals surface area contributed by atoms with E-state index in [1.165, 1.54) is 11.3 Å². The Labute approximate surface area is 181 Å². The van der Waals surface area contributed by atoms with Crippen LogP contribution in [0, 0.1) is 0 Å². The van der Waals surface area contributed by atoms with Crippen molar-refractivity contribution in [3.05, 3.63) is 59.6 Å². The molecule has 29 heavy (non-hydrogen) atoms. The predicted molar refractivity (Wildman–Crippen MR) is 120 cm³/mol. The first-order chi connectivity index (χ1) is 14.2. The van der Waals surface area contributed by atoms with Gasteiger partial charge in [0.05, 0.1) is 19.9 Å². The molecule has 0 aliphatic heterocycles. The molecule has 9 heteroatoms. The smallest absolute Gasteiger partial charge is 0.210 e. The zero-order valence-electron chi connectivity index (χ0n) is 15.8. The van der Waals surface area contributed by atoms with Gasteiger partial charge in [0.15, 0.2) is 4.34 Å². The van der Waals surface area contributed by atoms with Crippen LogP contribution in [-0.2, 0) is 5.75 Å². The molecule has 148 valence electrons. The van der Waals surface area contributed by atoms with Gasteiger partial charge < -0.3 is 14.8 Å². The molecule has 0 radical (unpaired) electrons. The van der Waals surface area contributed by atoms with E-state index in [4.69, 9.17) is 14.5 Å². The number of benzene rings is 2. The third-order valence-electron chi connectivity index (χ3n) is 3.96. The molecule has 0 fully saturated rings. The van der Waals surface area contributed by atoms with Gasteiger partial charge in [-0.05, 0) is 36.4 Å². The molecular formula is C20H18N4O2S3. The van der Waals surface area contributed by atoms with Crippen LogP contribution in [0.15, 0.2) is 58.3 Å². The van der Waals surface area contributed by atoms with Gasteiger partial charge in [-0.2, -0.15) is 0 Å². The first-order valence-electron chi connectivity index (χ1n) is 8.70. The van der Waals surface area contributed by atoms with Gasteiger partial charge in [-0.3, -0.25) is 0 Å². The van der Waals surface area contributed by atoms with Crippen molar-refractivity contribution >= 4 is 45.3 Å². The van der Waals surface area contributed by atoms with Crippen LogP contribution in [0.5, 0.6) is 11.5 Å². The van der Waals surface area contributed by atoms with Crippen molar-refractivity contribution in [3.8, 4) is 22.1 Å². The van der Waals surface area contributed by atoms with Crippen molar-refractivity contribution in [2.24, 2.45) is 0 Å². The summed E-state index contributed by atoms with van der Waals surface area (Å²) in [7, 11) is 3.32. The number of hydrogen-bond acceptors (Lipinski definition) is 9. The van der Waals surface area contributed by atoms with Crippen LogP contribution in [0.1, 0.15) is 5.69 Å². The summed E-state index contributed by atoms with van der Waals surface area (Å²) in [5.74, 6) is 2.40. The minimum atomic E-state index is 0.748. The maximum atomic E-state index is 5.29. The largest absolute Gasteiger partial charge is 0.497 e. The van der Waals surface area contributed by atoms with Crippen molar-refractivity contribution in [3.63, 3.8) is 0 Å². The number of anilines is 2. The van der Waals surface area contributed by atoms with Crippen LogP contribution in [0.4, 0.5) is 10.8 Å². The fourth-order valence-electron chi connectivity index (χ4n) is 2.51. The summed E-state index contributed by atoms with van der Waals surface area (Å²) in [6, 6.07) is 15.6. The Hall–Kier alpha value is -2.62. The van der Waals surface area contributed by atoms with Gasteiger partial charge in [0, 0.05) is 22.4 Å². The summed E-state index contributed by atoms with van der Waals surface area (Å²) in [5.41, 5.74) is 3.03. The fourth-order valence-corrected chi connectivity index (χ4v) is 5.10. The minimum absolute atomic E-state index is 0.748. The Balaban J connectivity index is 1.35. The Morgan fingerprint density at radius 3 is 2.62 bits per heavy atom. The number of aromatic nitrogens is 3. The molecule has 0 amide bonds. The van der Waals surface area contributed by atoms with E-state index in [0.29, 0.717) is 0 Å². The number of hydrogen-bond donors (Lipinski definition) is 1. The van der Waals surface area contributed by atoms with E-state index in [-0.39, 0.29) is 0 Å². The number of thiazole rings is 1. The molecule has 0 unspecified atom stereocenters. The van der Waals surface area contributed by atoms with E-state index >= 15 is 0 Å². The second-order valence-electron chi connectivity index (χ2n) is 5.89. The van der Waals surface area contributed by atoms with Gasteiger partial charge in [-0.15, -0.1) is 21.5 Å². The van der Waals surface area contributed by atoms with E-state index in [1.54, 1.807) is 37.3 Å². The molecule has 1 N–H and O–H groups in total. The number of nitrogens with one attached hydrogen (secondary N) is 1. The first kappa shape index (κ1) is 19.7. The second kappa shape index (κ2) is 9.25. The number of ether oxygens (including phenoxy) is 2. The fraction of sp³-hybridized carbons (Fsp3) is 0.150. The lowest BCUT2D eigenvalue weighted by Gasteiger charge is -2.03. The maximum absolute atomic E-state index is 5.29. The Kier molecular flexibility index (Phi) is 6.28. The highest BCUT2D eigenvalue weighted by Gasteiger charge is 2.09. The van der Waals surface area contributed by atoms with Crippen molar-refractivity contribution in [2.75, 3.05) is 19.5 Å². The van der Waals surface area contributed by atoms with E-state index in [1.807, 2.05) is 48.5 Å². The lowest BCUT2D eigenvalue weighted by molar-refractivity contribution is 0.415. The number of thioether (sulfide) groups is 1. The van der Waals surface area contributed by atoms with Crippen LogP contribution in [0.25, 0.3) is 10.6 Å². The Morgan fingerprint density at radius 2 is 1.83 bits per heavy atom. The summed E-state index contributed by atoms with van der Waals surface area (Å²) >= 11 is 4.79. The number of rotatable bonds is 8. The normalized spacial score (nSPS) is 10.7. The van der Waals surface area contributed by atoms with Crippen molar-refractivity contribution in [1.82, 2.24) is 15.2 Å². The van der Waals surface area contributed by atoms with Gasteiger partial charge in [0.25, 0.3) is 0 Å². The highest BCUT2D eigenvalue weighted by molar-refractivity contribution is 8.00. The standard InChI is InChI=1S/C20H18N4O2S3/c1-25-16-8-6-14(7-9-16)22-19-23-24-20(29-19)28-12-15-11-27-18(21-15)13-4-3-5-17(10-13)26-2/h3-11H,12H2,1-2H3,(H,22,23). The minimum Gasteiger partial charge on any atom is -0.497 e. The van der Waals surface area contributed by atoms with Crippen LogP contribution >= 0.6 is 34.4 Å². The Morgan fingerprint density at radius 1 is 1.00 bits per heavy atom. The molecular weight excluding hydrogens is 424 g/mol. The van der Waals surface area contributed by atoms with Crippen LogP contribution in [0.3, 0.4) is 0 Å². The monoisotopic (exact) mass is 442 g/mol. The van der Waals surface area contributed by atoms with Crippen LogP contribution in [-0.4, -0.2) is 29.4 Å². The number of methoxy groups -OCH3 is 2. The average molecular weight is 443 g/mol. The molecule has 6 nitrogen and oxygen atoms in total. The molecule has 2 heterocycles. The zero-order chi connectivity index (χ0) is 20.1. The molecule has 0 atom stereocenters. The molecule has 0 saturated carbocycles. The average Bonchev–Trinajstić information content (AvgIpc) is 3.42. The van der Waals surface area contributed by atoms with Crippen LogP contribution in [0.2, 0.25) is 0 Å². The molecule has 2 aromatic heterocycles. The Bertz CT molecular complexity index is 1080. The molecule has 0 bridgehead atoms. The van der Waals surface area contributed by atoms with E-state index in [0.717, 1.165) is 48.7 Å². The highest BCUT2D eigenvalue weighted by Crippen LogP contribution is 2.32. The summed E-state index contributed by atoms with van der Waals surface area (Å²) in [5, 5.41) is 15.5. The lowest BCUT2D eigenvalue weighted by Crippen LogP contribution is -1.89. The molecule has 0 saturated heterocycles. The maximum Gasteiger partial charge on any atom is 0.210 e. The summed E-state index contributed by atoms with van der Waals surface area (Å²) < 4.78 is 11.4. The van der Waals surface area contributed by atoms with Gasteiger partial charge in [-0.25, -0.2) is 4.98 Å². The highest BCUT2D eigenvalue weighted by atomic mass is 32.2. The van der Waals surface area contributed by atoms with E-state index in [9.17, 15) is 0 Å². The topological polar surface area (TPSA) is 69.2 Å². The molecule has 4 rings (SSSR count). The zero-order valence-corrected chi connectivity index (χ0v) is 18.2. The third-order valence-corrected chi connectivity index (χ3v) is 6.91. The van der Waals surface area contributed by atoms with Crippen molar-refractivity contribution < 1.29 is 9.47 Å². The molecule has 2 aromatic carbocycles. The summed E-state index contributed by atoms with van der Waals surface area (Å²) in [4.78, 5) is 4.73. The molecule has 4 aromatic rings. The predicted octanol–water partition coefficient (Wildman–Crippen LogP) is 5.71. The molecule has 0 spiro atoms. The van der Waals surface area contributed by atoms with Crippen molar-refractivity contribution in [2.45, 2.75) is 10.1 Å². The van der Waals surface area contributed by atoms with Gasteiger partial charge >= 0.3 is 0 Å². The van der Waals surface area contributed by atoms with Gasteiger partial charge in [0.2, 0.25) is 5.13 Å². The number of nitrogens with zero attached hydrogens (tertiary/aromatic N) is 3. The third kappa shape index (κ3) is 5.06. The SMILES string of the molecule is COc1ccc(Nc2nnc(SCc3csc(-c4cccc(OC)c4)n3)s2)cc1. The second-order valence-corrected chi connectivity index (χ2v) is 8.95. The molecule has 0 aliphatic carbocycles. The summed E-state index contributed by atoms with van der Waals surface area (Å²) in [6.07, 6.45) is 0. The molecule has 0 aliphatic rings. The first-order valence-corrected chi connectivity index (χ1v) is 11.4. The van der Waals surface area contributed by atoms with Gasteiger partial charge in [0.1, 0.15) is 16.5 Å². The van der Waals surface area contributed by atoms with Crippen molar-refractivity contribution in [1.29, 1.82) is 0 Å². The van der Waals surface area contributed by atoms with Gasteiger partial charge in [-0.1, -0.05) is 35.2 Å². The lowest BCUT2D eigenvalue weighted by atomic mass is 10.2.